The Hall–Kier alpha value is -1.13. The van der Waals surface area contributed by atoms with Gasteiger partial charge in [0, 0.05) is 25.7 Å². The SMILES string of the molecule is CCC1CN(c2ccc([C@H](O)CC)nc2)CCN1C. The smallest absolute Gasteiger partial charge is 0.0957 e. The molecule has 0 amide bonds. The maximum atomic E-state index is 9.76. The van der Waals surface area contributed by atoms with Crippen molar-refractivity contribution in [1.82, 2.24) is 9.88 Å². The number of aliphatic hydroxyl groups excluding tert-OH is 1. The van der Waals surface area contributed by atoms with Gasteiger partial charge in [-0.15, -0.1) is 0 Å². The fourth-order valence-corrected chi connectivity index (χ4v) is 2.61. The molecule has 1 aromatic heterocycles. The number of rotatable bonds is 4. The van der Waals surface area contributed by atoms with Gasteiger partial charge in [0.25, 0.3) is 0 Å². The summed E-state index contributed by atoms with van der Waals surface area (Å²) in [7, 11) is 2.20. The summed E-state index contributed by atoms with van der Waals surface area (Å²) < 4.78 is 0. The van der Waals surface area contributed by atoms with Gasteiger partial charge in [0.05, 0.1) is 23.7 Å². The van der Waals surface area contributed by atoms with E-state index in [4.69, 9.17) is 0 Å². The summed E-state index contributed by atoms with van der Waals surface area (Å²) in [4.78, 5) is 9.21. The number of nitrogens with zero attached hydrogens (tertiary/aromatic N) is 3. The van der Waals surface area contributed by atoms with Crippen LogP contribution in [0.25, 0.3) is 0 Å². The minimum absolute atomic E-state index is 0.440. The monoisotopic (exact) mass is 263 g/mol. The molecule has 4 heteroatoms. The van der Waals surface area contributed by atoms with Gasteiger partial charge in [0.15, 0.2) is 0 Å². The molecule has 2 atom stereocenters. The highest BCUT2D eigenvalue weighted by Crippen LogP contribution is 2.21. The summed E-state index contributed by atoms with van der Waals surface area (Å²) in [6, 6.07) is 4.65. The van der Waals surface area contributed by atoms with E-state index in [0.717, 1.165) is 25.3 Å². The second kappa shape index (κ2) is 6.35. The van der Waals surface area contributed by atoms with Crippen LogP contribution in [0.4, 0.5) is 5.69 Å². The van der Waals surface area contributed by atoms with Gasteiger partial charge in [-0.2, -0.15) is 0 Å². The van der Waals surface area contributed by atoms with E-state index in [1.807, 2.05) is 19.2 Å². The number of piperazine rings is 1. The summed E-state index contributed by atoms with van der Waals surface area (Å²) in [5.41, 5.74) is 1.94. The van der Waals surface area contributed by atoms with Crippen LogP contribution < -0.4 is 4.90 Å². The fraction of sp³-hybridized carbons (Fsp3) is 0.667. The van der Waals surface area contributed by atoms with E-state index in [1.54, 1.807) is 0 Å². The third kappa shape index (κ3) is 3.25. The first-order valence-corrected chi connectivity index (χ1v) is 7.24. The molecule has 0 bridgehead atoms. The molecular weight excluding hydrogens is 238 g/mol. The van der Waals surface area contributed by atoms with Crippen molar-refractivity contribution < 1.29 is 5.11 Å². The summed E-state index contributed by atoms with van der Waals surface area (Å²) in [6.45, 7) is 7.41. The minimum Gasteiger partial charge on any atom is -0.387 e. The fourth-order valence-electron chi connectivity index (χ4n) is 2.61. The Bertz CT molecular complexity index is 393. The number of likely N-dealkylation sites (N-methyl/N-ethyl adjacent to an activating group) is 1. The summed E-state index contributed by atoms with van der Waals surface area (Å²) in [5, 5.41) is 9.76. The lowest BCUT2D eigenvalue weighted by Crippen LogP contribution is -2.51. The van der Waals surface area contributed by atoms with Crippen LogP contribution in [0.2, 0.25) is 0 Å². The predicted octanol–water partition coefficient (Wildman–Crippen LogP) is 2.06. The molecule has 0 aromatic carbocycles. The van der Waals surface area contributed by atoms with E-state index in [1.165, 1.54) is 12.1 Å². The number of anilines is 1. The zero-order chi connectivity index (χ0) is 13.8. The standard InChI is InChI=1S/C15H25N3O/c1-4-12-11-18(9-8-17(12)3)13-6-7-14(16-10-13)15(19)5-2/h6-7,10,12,15,19H,4-5,8-9,11H2,1-3H3/t12?,15-/m1/s1. The Kier molecular flexibility index (Phi) is 4.77. The Morgan fingerprint density at radius 1 is 1.37 bits per heavy atom. The summed E-state index contributed by atoms with van der Waals surface area (Å²) >= 11 is 0. The Morgan fingerprint density at radius 2 is 2.16 bits per heavy atom. The normalized spacial score (nSPS) is 22.5. The van der Waals surface area contributed by atoms with Gasteiger partial charge < -0.3 is 10.0 Å². The molecule has 0 aliphatic carbocycles. The molecule has 19 heavy (non-hydrogen) atoms. The molecule has 1 fully saturated rings. The van der Waals surface area contributed by atoms with Crippen molar-refractivity contribution in [2.24, 2.45) is 0 Å². The van der Waals surface area contributed by atoms with E-state index in [-0.39, 0.29) is 0 Å². The van der Waals surface area contributed by atoms with Crippen LogP contribution in [0.1, 0.15) is 38.5 Å². The third-order valence-corrected chi connectivity index (χ3v) is 4.11. The summed E-state index contributed by atoms with van der Waals surface area (Å²) in [6.07, 6.45) is 3.34. The van der Waals surface area contributed by atoms with Crippen molar-refractivity contribution >= 4 is 5.69 Å². The Morgan fingerprint density at radius 3 is 2.74 bits per heavy atom. The first-order valence-electron chi connectivity index (χ1n) is 7.24. The molecule has 0 spiro atoms. The molecule has 1 N–H and O–H groups in total. The molecule has 1 aromatic rings. The Labute approximate surface area is 116 Å². The highest BCUT2D eigenvalue weighted by atomic mass is 16.3. The van der Waals surface area contributed by atoms with Crippen molar-refractivity contribution in [2.75, 3.05) is 31.6 Å². The van der Waals surface area contributed by atoms with Crippen molar-refractivity contribution in [1.29, 1.82) is 0 Å². The van der Waals surface area contributed by atoms with Crippen LogP contribution in [-0.4, -0.2) is 47.7 Å². The second-order valence-electron chi connectivity index (χ2n) is 5.35. The lowest BCUT2D eigenvalue weighted by molar-refractivity contribution is 0.169. The second-order valence-corrected chi connectivity index (χ2v) is 5.35. The molecule has 0 saturated carbocycles. The van der Waals surface area contributed by atoms with Crippen LogP contribution >= 0.6 is 0 Å². The first-order chi connectivity index (χ1) is 9.15. The zero-order valence-corrected chi connectivity index (χ0v) is 12.2. The van der Waals surface area contributed by atoms with E-state index in [9.17, 15) is 5.11 Å². The van der Waals surface area contributed by atoms with Crippen molar-refractivity contribution in [3.05, 3.63) is 24.0 Å². The van der Waals surface area contributed by atoms with Crippen LogP contribution in [0, 0.1) is 0 Å². The number of hydrogen-bond donors (Lipinski definition) is 1. The van der Waals surface area contributed by atoms with E-state index < -0.39 is 6.10 Å². The quantitative estimate of drug-likeness (QED) is 0.902. The molecule has 106 valence electrons. The lowest BCUT2D eigenvalue weighted by atomic mass is 10.1. The topological polar surface area (TPSA) is 39.6 Å². The highest BCUT2D eigenvalue weighted by Gasteiger charge is 2.23. The van der Waals surface area contributed by atoms with Gasteiger partial charge in [0.1, 0.15) is 0 Å². The maximum absolute atomic E-state index is 9.76. The van der Waals surface area contributed by atoms with Crippen molar-refractivity contribution in [3.8, 4) is 0 Å². The number of pyridine rings is 1. The van der Waals surface area contributed by atoms with Gasteiger partial charge in [0.2, 0.25) is 0 Å². The van der Waals surface area contributed by atoms with Crippen LogP contribution in [0.15, 0.2) is 18.3 Å². The van der Waals surface area contributed by atoms with E-state index in [0.29, 0.717) is 12.5 Å². The van der Waals surface area contributed by atoms with Crippen molar-refractivity contribution in [3.63, 3.8) is 0 Å². The molecule has 1 saturated heterocycles. The maximum Gasteiger partial charge on any atom is 0.0957 e. The van der Waals surface area contributed by atoms with Crippen LogP contribution in [0.3, 0.4) is 0 Å². The zero-order valence-electron chi connectivity index (χ0n) is 12.2. The van der Waals surface area contributed by atoms with Gasteiger partial charge in [-0.05, 0) is 32.0 Å². The van der Waals surface area contributed by atoms with Gasteiger partial charge in [-0.3, -0.25) is 9.88 Å². The van der Waals surface area contributed by atoms with Crippen LogP contribution in [-0.2, 0) is 0 Å². The molecule has 1 aliphatic heterocycles. The number of aliphatic hydroxyl groups is 1. The van der Waals surface area contributed by atoms with Gasteiger partial charge in [-0.25, -0.2) is 0 Å². The molecular formula is C15H25N3O. The predicted molar refractivity (Wildman–Crippen MR) is 78.4 cm³/mol. The molecule has 1 unspecified atom stereocenters. The molecule has 1 aliphatic rings. The minimum atomic E-state index is -0.440. The average molecular weight is 263 g/mol. The number of aromatic nitrogens is 1. The largest absolute Gasteiger partial charge is 0.387 e. The highest BCUT2D eigenvalue weighted by molar-refractivity contribution is 5.45. The molecule has 4 nitrogen and oxygen atoms in total. The average Bonchev–Trinajstić information content (AvgIpc) is 2.47. The van der Waals surface area contributed by atoms with Crippen molar-refractivity contribution in [2.45, 2.75) is 38.8 Å². The van der Waals surface area contributed by atoms with Gasteiger partial charge in [-0.1, -0.05) is 13.8 Å². The van der Waals surface area contributed by atoms with E-state index >= 15 is 0 Å². The third-order valence-electron chi connectivity index (χ3n) is 4.11. The molecule has 2 heterocycles. The lowest BCUT2D eigenvalue weighted by Gasteiger charge is -2.40. The molecule has 0 radical (unpaired) electrons. The summed E-state index contributed by atoms with van der Waals surface area (Å²) in [5.74, 6) is 0. The molecule has 2 rings (SSSR count). The Balaban J connectivity index is 2.06. The van der Waals surface area contributed by atoms with E-state index in [2.05, 4.69) is 34.8 Å². The number of hydrogen-bond acceptors (Lipinski definition) is 4. The van der Waals surface area contributed by atoms with Crippen LogP contribution in [0.5, 0.6) is 0 Å². The van der Waals surface area contributed by atoms with Gasteiger partial charge >= 0.3 is 0 Å². The first kappa shape index (κ1) is 14.3.